The Morgan fingerprint density at radius 1 is 1.03 bits per heavy atom. The molecule has 2 aliphatic rings. The molecule has 0 fully saturated rings. The van der Waals surface area contributed by atoms with Gasteiger partial charge in [-0.1, -0.05) is 67.6 Å². The highest BCUT2D eigenvalue weighted by atomic mass is 16.4. The number of Topliss-reactive ketones (excluding diaryl/α,β-unsaturated/α-hetero) is 1. The van der Waals surface area contributed by atoms with E-state index in [2.05, 4.69) is 24.3 Å². The molecule has 0 radical (unpaired) electrons. The molecule has 1 aromatic heterocycles. The average molecular weight is 514 g/mol. The molecule has 4 aromatic rings. The minimum absolute atomic E-state index is 0.00940. The molecule has 0 unspecified atom stereocenters. The summed E-state index contributed by atoms with van der Waals surface area (Å²) in [7, 11) is 1.94. The Balaban J connectivity index is 1.56. The van der Waals surface area contributed by atoms with E-state index in [-0.39, 0.29) is 28.8 Å². The number of nitriles is 1. The number of rotatable bonds is 4. The Morgan fingerprint density at radius 3 is 2.44 bits per heavy atom. The SMILES string of the molecule is C[C@@H]1C(=O)C(C#N)=C[C@]2(c3ccccc3)c3nn(C)c(-c4cccc(-c5cccc(C(=O)O)c5)c4)c3CC[C@@H]12. The number of allylic oxidation sites excluding steroid dienone is 2. The fraction of sp³-hybridized carbons (Fsp3) is 0.212. The molecule has 3 aromatic carbocycles. The van der Waals surface area contributed by atoms with Gasteiger partial charge in [0.15, 0.2) is 5.78 Å². The molecule has 39 heavy (non-hydrogen) atoms. The number of carboxylic acids is 1. The summed E-state index contributed by atoms with van der Waals surface area (Å²) in [5, 5.41) is 24.5. The zero-order valence-electron chi connectivity index (χ0n) is 21.8. The van der Waals surface area contributed by atoms with Gasteiger partial charge in [0.25, 0.3) is 0 Å². The van der Waals surface area contributed by atoms with Gasteiger partial charge < -0.3 is 5.11 Å². The van der Waals surface area contributed by atoms with Crippen molar-refractivity contribution in [3.8, 4) is 28.5 Å². The zero-order chi connectivity index (χ0) is 27.3. The first-order valence-electron chi connectivity index (χ1n) is 13.1. The number of ketones is 1. The van der Waals surface area contributed by atoms with Crippen LogP contribution in [0.1, 0.15) is 40.5 Å². The molecule has 0 spiro atoms. The molecular formula is C33H27N3O3. The van der Waals surface area contributed by atoms with Crippen molar-refractivity contribution in [3.63, 3.8) is 0 Å². The fourth-order valence-corrected chi connectivity index (χ4v) is 6.66. The molecule has 6 nitrogen and oxygen atoms in total. The van der Waals surface area contributed by atoms with Crippen LogP contribution in [0, 0.1) is 23.2 Å². The lowest BCUT2D eigenvalue weighted by Crippen LogP contribution is -2.48. The van der Waals surface area contributed by atoms with Gasteiger partial charge in [0, 0.05) is 24.1 Å². The van der Waals surface area contributed by atoms with Crippen LogP contribution >= 0.6 is 0 Å². The van der Waals surface area contributed by atoms with Crippen molar-refractivity contribution in [1.29, 1.82) is 5.26 Å². The summed E-state index contributed by atoms with van der Waals surface area (Å²) in [4.78, 5) is 24.6. The van der Waals surface area contributed by atoms with Crippen molar-refractivity contribution in [1.82, 2.24) is 9.78 Å². The van der Waals surface area contributed by atoms with Crippen molar-refractivity contribution in [3.05, 3.63) is 113 Å². The zero-order valence-corrected chi connectivity index (χ0v) is 21.8. The van der Waals surface area contributed by atoms with E-state index >= 15 is 0 Å². The van der Waals surface area contributed by atoms with E-state index in [1.54, 1.807) is 18.2 Å². The fourth-order valence-electron chi connectivity index (χ4n) is 6.66. The van der Waals surface area contributed by atoms with E-state index in [1.807, 2.05) is 67.2 Å². The standard InChI is InChI=1S/C33H27N3O3/c1-20-28-15-14-27-29(23-10-6-8-21(16-23)22-9-7-11-24(17-22)32(38)39)36(2)35-31(27)33(28,18-25(19-34)30(20)37)26-12-4-3-5-13-26/h3-13,16-18,20,28H,14-15H2,1-2H3,(H,38,39)/t20-,28-,33+/m0/s1. The van der Waals surface area contributed by atoms with E-state index in [0.29, 0.717) is 0 Å². The Hall–Kier alpha value is -4.76. The second-order valence-corrected chi connectivity index (χ2v) is 10.5. The molecule has 2 aliphatic carbocycles. The number of fused-ring (bicyclic) bond motifs is 3. The monoisotopic (exact) mass is 513 g/mol. The molecule has 1 heterocycles. The first kappa shape index (κ1) is 24.6. The highest BCUT2D eigenvalue weighted by Gasteiger charge is 2.54. The Bertz CT molecular complexity index is 1710. The van der Waals surface area contributed by atoms with Crippen LogP contribution in [0.3, 0.4) is 0 Å². The molecule has 6 rings (SSSR count). The number of nitrogens with zero attached hydrogens (tertiary/aromatic N) is 3. The van der Waals surface area contributed by atoms with Gasteiger partial charge in [0.1, 0.15) is 6.07 Å². The predicted octanol–water partition coefficient (Wildman–Crippen LogP) is 5.97. The second-order valence-electron chi connectivity index (χ2n) is 10.5. The van der Waals surface area contributed by atoms with Crippen LogP contribution in [0.4, 0.5) is 0 Å². The minimum atomic E-state index is -0.959. The summed E-state index contributed by atoms with van der Waals surface area (Å²) in [6, 6.07) is 27.3. The van der Waals surface area contributed by atoms with Crippen molar-refractivity contribution in [2.75, 3.05) is 0 Å². The summed E-state index contributed by atoms with van der Waals surface area (Å²) in [5.41, 5.74) is 6.52. The van der Waals surface area contributed by atoms with Crippen molar-refractivity contribution in [2.45, 2.75) is 25.2 Å². The van der Waals surface area contributed by atoms with Crippen molar-refractivity contribution >= 4 is 11.8 Å². The van der Waals surface area contributed by atoms with E-state index in [1.165, 1.54) is 0 Å². The van der Waals surface area contributed by atoms with Crippen LogP contribution in [0.25, 0.3) is 22.4 Å². The number of aryl methyl sites for hydroxylation is 1. The maximum atomic E-state index is 13.1. The molecule has 1 N–H and O–H groups in total. The lowest BCUT2D eigenvalue weighted by Gasteiger charge is -2.47. The Morgan fingerprint density at radius 2 is 1.72 bits per heavy atom. The second kappa shape index (κ2) is 9.21. The first-order chi connectivity index (χ1) is 18.8. The molecular weight excluding hydrogens is 486 g/mol. The van der Waals surface area contributed by atoms with Crippen LogP contribution < -0.4 is 0 Å². The van der Waals surface area contributed by atoms with E-state index < -0.39 is 11.4 Å². The summed E-state index contributed by atoms with van der Waals surface area (Å²) in [6.45, 7) is 1.94. The summed E-state index contributed by atoms with van der Waals surface area (Å²) in [5.74, 6) is -1.36. The number of carbonyl (C=O) groups excluding carboxylic acids is 1. The van der Waals surface area contributed by atoms with Crippen LogP contribution in [-0.2, 0) is 23.7 Å². The van der Waals surface area contributed by atoms with Gasteiger partial charge in [0.2, 0.25) is 0 Å². The number of hydrogen-bond acceptors (Lipinski definition) is 4. The molecule has 0 saturated carbocycles. The van der Waals surface area contributed by atoms with Crippen molar-refractivity contribution < 1.29 is 14.7 Å². The summed E-state index contributed by atoms with van der Waals surface area (Å²) < 4.78 is 1.91. The van der Waals surface area contributed by atoms with Gasteiger partial charge in [-0.25, -0.2) is 4.79 Å². The predicted molar refractivity (Wildman–Crippen MR) is 148 cm³/mol. The third-order valence-electron chi connectivity index (χ3n) is 8.43. The van der Waals surface area contributed by atoms with E-state index in [4.69, 9.17) is 5.10 Å². The molecule has 0 amide bonds. The van der Waals surface area contributed by atoms with Gasteiger partial charge in [-0.2, -0.15) is 10.4 Å². The third-order valence-corrected chi connectivity index (χ3v) is 8.43. The normalized spacial score (nSPS) is 21.9. The smallest absolute Gasteiger partial charge is 0.335 e. The number of aromatic carboxylic acids is 1. The lowest BCUT2D eigenvalue weighted by molar-refractivity contribution is -0.121. The number of carbonyl (C=O) groups is 2. The number of aromatic nitrogens is 2. The highest BCUT2D eigenvalue weighted by molar-refractivity contribution is 6.02. The molecule has 0 aliphatic heterocycles. The summed E-state index contributed by atoms with van der Waals surface area (Å²) >= 11 is 0. The number of carboxylic acid groups (broad SMARTS) is 1. The van der Waals surface area contributed by atoms with Crippen LogP contribution in [0.2, 0.25) is 0 Å². The number of hydrogen-bond donors (Lipinski definition) is 1. The van der Waals surface area contributed by atoms with E-state index in [0.717, 1.165) is 52.0 Å². The first-order valence-corrected chi connectivity index (χ1v) is 13.1. The molecule has 6 heteroatoms. The lowest BCUT2D eigenvalue weighted by atomic mass is 9.54. The van der Waals surface area contributed by atoms with Crippen molar-refractivity contribution in [2.24, 2.45) is 18.9 Å². The Labute approximate surface area is 226 Å². The van der Waals surface area contributed by atoms with E-state index in [9.17, 15) is 20.0 Å². The number of benzene rings is 3. The van der Waals surface area contributed by atoms with Gasteiger partial charge >= 0.3 is 5.97 Å². The van der Waals surface area contributed by atoms with Crippen LogP contribution in [0.5, 0.6) is 0 Å². The maximum Gasteiger partial charge on any atom is 0.335 e. The summed E-state index contributed by atoms with van der Waals surface area (Å²) in [6.07, 6.45) is 3.44. The third kappa shape index (κ3) is 3.73. The van der Waals surface area contributed by atoms with Gasteiger partial charge in [0.05, 0.1) is 27.9 Å². The minimum Gasteiger partial charge on any atom is -0.478 e. The molecule has 3 atom stereocenters. The topological polar surface area (TPSA) is 96.0 Å². The average Bonchev–Trinajstić information content (AvgIpc) is 3.31. The van der Waals surface area contributed by atoms with Gasteiger partial charge in [-0.05, 0) is 59.7 Å². The van der Waals surface area contributed by atoms with Gasteiger partial charge in [-0.15, -0.1) is 0 Å². The molecule has 0 bridgehead atoms. The largest absolute Gasteiger partial charge is 0.478 e. The van der Waals surface area contributed by atoms with Crippen LogP contribution in [0.15, 0.2) is 90.5 Å². The van der Waals surface area contributed by atoms with Gasteiger partial charge in [-0.3, -0.25) is 9.48 Å². The molecule has 192 valence electrons. The Kier molecular flexibility index (Phi) is 5.80. The molecule has 0 saturated heterocycles. The maximum absolute atomic E-state index is 13.1. The van der Waals surface area contributed by atoms with Crippen LogP contribution in [-0.4, -0.2) is 26.6 Å². The quantitative estimate of drug-likeness (QED) is 0.363. The highest BCUT2D eigenvalue weighted by Crippen LogP contribution is 2.54.